The SMILES string of the molecule is Nc1nc(Nc2cc(-c3cccc(F)c3)[nH]n2)nc(N2CCCC2c2ccc(F)cc2)n1. The number of nitrogens with zero attached hydrogens (tertiary/aromatic N) is 5. The zero-order chi connectivity index (χ0) is 22.1. The maximum absolute atomic E-state index is 13.5. The molecule has 10 heteroatoms. The molecule has 1 saturated heterocycles. The maximum atomic E-state index is 13.5. The van der Waals surface area contributed by atoms with Crippen molar-refractivity contribution in [1.82, 2.24) is 25.1 Å². The highest BCUT2D eigenvalue weighted by Crippen LogP contribution is 2.35. The first-order valence-corrected chi connectivity index (χ1v) is 10.2. The first kappa shape index (κ1) is 19.9. The number of anilines is 4. The quantitative estimate of drug-likeness (QED) is 0.432. The van der Waals surface area contributed by atoms with Crippen LogP contribution in [0.3, 0.4) is 0 Å². The Hall–Kier alpha value is -4.08. The lowest BCUT2D eigenvalue weighted by atomic mass is 10.0. The number of hydrogen-bond donors (Lipinski definition) is 3. The van der Waals surface area contributed by atoms with Crippen molar-refractivity contribution in [2.75, 3.05) is 22.5 Å². The second kappa shape index (κ2) is 8.22. The van der Waals surface area contributed by atoms with Crippen LogP contribution in [0.1, 0.15) is 24.4 Å². The van der Waals surface area contributed by atoms with E-state index in [-0.39, 0.29) is 29.6 Å². The topological polar surface area (TPSA) is 109 Å². The Labute approximate surface area is 182 Å². The largest absolute Gasteiger partial charge is 0.368 e. The summed E-state index contributed by atoms with van der Waals surface area (Å²) in [6.07, 6.45) is 1.85. The molecular weight excluding hydrogens is 414 g/mol. The lowest BCUT2D eigenvalue weighted by molar-refractivity contribution is 0.624. The lowest BCUT2D eigenvalue weighted by Crippen LogP contribution is -2.25. The zero-order valence-corrected chi connectivity index (χ0v) is 17.0. The molecule has 5 rings (SSSR count). The summed E-state index contributed by atoms with van der Waals surface area (Å²) in [5, 5.41) is 10.1. The molecule has 2 aromatic heterocycles. The number of nitrogen functional groups attached to an aromatic ring is 1. The fourth-order valence-electron chi connectivity index (χ4n) is 3.91. The van der Waals surface area contributed by atoms with Gasteiger partial charge >= 0.3 is 0 Å². The third-order valence-electron chi connectivity index (χ3n) is 5.36. The Morgan fingerprint density at radius 1 is 1.00 bits per heavy atom. The second-order valence-electron chi connectivity index (χ2n) is 7.52. The van der Waals surface area contributed by atoms with Gasteiger partial charge in [0.2, 0.25) is 17.8 Å². The van der Waals surface area contributed by atoms with Crippen LogP contribution >= 0.6 is 0 Å². The number of aromatic amines is 1. The van der Waals surface area contributed by atoms with E-state index in [1.54, 1.807) is 30.3 Å². The van der Waals surface area contributed by atoms with Crippen LogP contribution in [0, 0.1) is 11.6 Å². The van der Waals surface area contributed by atoms with E-state index in [0.717, 1.165) is 24.9 Å². The molecule has 0 saturated carbocycles. The minimum Gasteiger partial charge on any atom is -0.368 e. The van der Waals surface area contributed by atoms with Gasteiger partial charge in [0.1, 0.15) is 11.6 Å². The van der Waals surface area contributed by atoms with Crippen LogP contribution < -0.4 is 16.0 Å². The standard InChI is InChI=1S/C22H20F2N8/c23-15-8-6-13(7-9-15)18-5-2-10-32(18)22-28-20(25)27-21(29-22)26-19-12-17(30-31-19)14-3-1-4-16(24)11-14/h1,3-4,6-9,11-12,18H,2,5,10H2,(H4,25,26,27,28,29,30,31). The third-order valence-corrected chi connectivity index (χ3v) is 5.36. The van der Waals surface area contributed by atoms with Crippen LogP contribution in [-0.2, 0) is 0 Å². The molecule has 32 heavy (non-hydrogen) atoms. The molecular formula is C22H20F2N8. The summed E-state index contributed by atoms with van der Waals surface area (Å²) < 4.78 is 26.8. The molecule has 1 fully saturated rings. The number of H-pyrrole nitrogens is 1. The van der Waals surface area contributed by atoms with Gasteiger partial charge in [0, 0.05) is 18.2 Å². The van der Waals surface area contributed by atoms with E-state index in [1.807, 2.05) is 4.90 Å². The van der Waals surface area contributed by atoms with Crippen molar-refractivity contribution in [3.63, 3.8) is 0 Å². The van der Waals surface area contributed by atoms with Crippen molar-refractivity contribution in [3.05, 3.63) is 71.8 Å². The number of rotatable bonds is 5. The molecule has 0 radical (unpaired) electrons. The molecule has 0 amide bonds. The molecule has 3 heterocycles. The molecule has 4 N–H and O–H groups in total. The van der Waals surface area contributed by atoms with E-state index in [2.05, 4.69) is 30.5 Å². The highest BCUT2D eigenvalue weighted by molar-refractivity contribution is 5.64. The molecule has 2 aromatic carbocycles. The van der Waals surface area contributed by atoms with E-state index in [1.165, 1.54) is 24.3 Å². The van der Waals surface area contributed by atoms with Gasteiger partial charge in [-0.2, -0.15) is 20.1 Å². The van der Waals surface area contributed by atoms with Crippen molar-refractivity contribution in [1.29, 1.82) is 0 Å². The fourth-order valence-corrected chi connectivity index (χ4v) is 3.91. The van der Waals surface area contributed by atoms with Gasteiger partial charge < -0.3 is 16.0 Å². The van der Waals surface area contributed by atoms with Gasteiger partial charge in [-0.15, -0.1) is 0 Å². The highest BCUT2D eigenvalue weighted by Gasteiger charge is 2.29. The summed E-state index contributed by atoms with van der Waals surface area (Å²) >= 11 is 0. The van der Waals surface area contributed by atoms with Gasteiger partial charge in [-0.1, -0.05) is 24.3 Å². The maximum Gasteiger partial charge on any atom is 0.235 e. The summed E-state index contributed by atoms with van der Waals surface area (Å²) in [5.74, 6) is 0.608. The zero-order valence-electron chi connectivity index (χ0n) is 17.0. The minimum absolute atomic E-state index is 0.0233. The van der Waals surface area contributed by atoms with Crippen molar-refractivity contribution in [2.45, 2.75) is 18.9 Å². The lowest BCUT2D eigenvalue weighted by Gasteiger charge is -2.25. The van der Waals surface area contributed by atoms with Crippen LogP contribution in [0.4, 0.5) is 32.4 Å². The third kappa shape index (κ3) is 4.07. The Morgan fingerprint density at radius 2 is 1.84 bits per heavy atom. The van der Waals surface area contributed by atoms with E-state index in [4.69, 9.17) is 5.73 Å². The molecule has 0 aliphatic carbocycles. The summed E-state index contributed by atoms with van der Waals surface area (Å²) in [6.45, 7) is 0.747. The number of aromatic nitrogens is 5. The van der Waals surface area contributed by atoms with E-state index >= 15 is 0 Å². The van der Waals surface area contributed by atoms with Gasteiger partial charge in [0.05, 0.1) is 11.7 Å². The van der Waals surface area contributed by atoms with Gasteiger partial charge in [0.15, 0.2) is 5.82 Å². The van der Waals surface area contributed by atoms with Crippen LogP contribution in [0.5, 0.6) is 0 Å². The summed E-state index contributed by atoms with van der Waals surface area (Å²) in [6, 6.07) is 14.4. The molecule has 4 aromatic rings. The predicted molar refractivity (Wildman–Crippen MR) is 117 cm³/mol. The average Bonchev–Trinajstić information content (AvgIpc) is 3.44. The summed E-state index contributed by atoms with van der Waals surface area (Å²) in [4.78, 5) is 15.0. The van der Waals surface area contributed by atoms with Crippen LogP contribution in [-0.4, -0.2) is 31.7 Å². The van der Waals surface area contributed by atoms with Gasteiger partial charge in [0.25, 0.3) is 0 Å². The normalized spacial score (nSPS) is 15.8. The highest BCUT2D eigenvalue weighted by atomic mass is 19.1. The van der Waals surface area contributed by atoms with Crippen molar-refractivity contribution >= 4 is 23.7 Å². The van der Waals surface area contributed by atoms with Gasteiger partial charge in [-0.05, 0) is 42.7 Å². The monoisotopic (exact) mass is 434 g/mol. The van der Waals surface area contributed by atoms with Crippen molar-refractivity contribution in [3.8, 4) is 11.3 Å². The molecule has 8 nitrogen and oxygen atoms in total. The first-order chi connectivity index (χ1) is 15.5. The molecule has 1 atom stereocenters. The summed E-state index contributed by atoms with van der Waals surface area (Å²) in [5.41, 5.74) is 8.25. The molecule has 0 spiro atoms. The van der Waals surface area contributed by atoms with E-state index in [0.29, 0.717) is 23.0 Å². The molecule has 1 aliphatic heterocycles. The number of halogens is 2. The Bertz CT molecular complexity index is 1240. The van der Waals surface area contributed by atoms with Crippen LogP contribution in [0.25, 0.3) is 11.3 Å². The predicted octanol–water partition coefficient (Wildman–Crippen LogP) is 4.21. The van der Waals surface area contributed by atoms with Gasteiger partial charge in [-0.3, -0.25) is 5.10 Å². The summed E-state index contributed by atoms with van der Waals surface area (Å²) in [7, 11) is 0. The van der Waals surface area contributed by atoms with Crippen LogP contribution in [0.2, 0.25) is 0 Å². The fraction of sp³-hybridized carbons (Fsp3) is 0.182. The van der Waals surface area contributed by atoms with Crippen molar-refractivity contribution in [2.24, 2.45) is 0 Å². The molecule has 1 unspecified atom stereocenters. The van der Waals surface area contributed by atoms with Crippen molar-refractivity contribution < 1.29 is 8.78 Å². The number of nitrogens with two attached hydrogens (primary N) is 1. The van der Waals surface area contributed by atoms with Crippen LogP contribution in [0.15, 0.2) is 54.6 Å². The number of hydrogen-bond acceptors (Lipinski definition) is 7. The van der Waals surface area contributed by atoms with Gasteiger partial charge in [-0.25, -0.2) is 8.78 Å². The molecule has 1 aliphatic rings. The Morgan fingerprint density at radius 3 is 2.66 bits per heavy atom. The average molecular weight is 434 g/mol. The number of benzene rings is 2. The number of nitrogens with one attached hydrogen (secondary N) is 2. The smallest absolute Gasteiger partial charge is 0.235 e. The molecule has 162 valence electrons. The Balaban J connectivity index is 1.39. The van der Waals surface area contributed by atoms with E-state index < -0.39 is 0 Å². The minimum atomic E-state index is -0.331. The second-order valence-corrected chi connectivity index (χ2v) is 7.52. The Kier molecular flexibility index (Phi) is 5.10. The molecule has 0 bridgehead atoms. The first-order valence-electron chi connectivity index (χ1n) is 10.2. The van der Waals surface area contributed by atoms with E-state index in [9.17, 15) is 8.78 Å².